The Morgan fingerprint density at radius 2 is 2.13 bits per heavy atom. The van der Waals surface area contributed by atoms with Crippen LogP contribution in [0.25, 0.3) is 0 Å². The first-order chi connectivity index (χ1) is 10.9. The van der Waals surface area contributed by atoms with Crippen molar-refractivity contribution in [1.82, 2.24) is 9.97 Å². The van der Waals surface area contributed by atoms with E-state index in [2.05, 4.69) is 15.3 Å². The van der Waals surface area contributed by atoms with Gasteiger partial charge < -0.3 is 15.8 Å². The molecule has 0 fully saturated rings. The van der Waals surface area contributed by atoms with E-state index in [1.165, 1.54) is 31.5 Å². The molecule has 0 saturated heterocycles. The topological polar surface area (TPSA) is 73.1 Å². The van der Waals surface area contributed by atoms with Crippen LogP contribution >= 0.6 is 11.6 Å². The van der Waals surface area contributed by atoms with Gasteiger partial charge >= 0.3 is 6.01 Å². The van der Waals surface area contributed by atoms with Crippen LogP contribution in [0.5, 0.6) is 6.01 Å². The molecule has 1 aromatic carbocycles. The van der Waals surface area contributed by atoms with Crippen LogP contribution in [0.4, 0.5) is 14.5 Å². The highest BCUT2D eigenvalue weighted by Gasteiger charge is 2.09. The summed E-state index contributed by atoms with van der Waals surface area (Å²) in [5.41, 5.74) is 6.67. The minimum atomic E-state index is -0.674. The zero-order chi connectivity index (χ0) is 17.0. The van der Waals surface area contributed by atoms with E-state index in [9.17, 15) is 8.78 Å². The third kappa shape index (κ3) is 4.29. The second kappa shape index (κ2) is 7.23. The lowest BCUT2D eigenvalue weighted by Crippen LogP contribution is -2.12. The van der Waals surface area contributed by atoms with E-state index in [1.54, 1.807) is 6.92 Å². The van der Waals surface area contributed by atoms with Gasteiger partial charge in [-0.05, 0) is 26.0 Å². The quantitative estimate of drug-likeness (QED) is 0.873. The number of rotatable bonds is 5. The van der Waals surface area contributed by atoms with Crippen molar-refractivity contribution >= 4 is 17.3 Å². The van der Waals surface area contributed by atoms with Crippen molar-refractivity contribution in [3.63, 3.8) is 0 Å². The number of anilines is 1. The zero-order valence-electron chi connectivity index (χ0n) is 12.5. The molecule has 1 heterocycles. The van der Waals surface area contributed by atoms with Crippen molar-refractivity contribution in [3.05, 3.63) is 58.1 Å². The number of nitrogens with two attached hydrogens (primary N) is 1. The molecule has 2 rings (SSSR count). The van der Waals surface area contributed by atoms with Crippen molar-refractivity contribution in [2.45, 2.75) is 13.8 Å². The fraction of sp³-hybridized carbons (Fsp3) is 0.200. The maximum atomic E-state index is 13.8. The second-order valence-electron chi connectivity index (χ2n) is 4.77. The van der Waals surface area contributed by atoms with Crippen molar-refractivity contribution in [1.29, 1.82) is 0 Å². The summed E-state index contributed by atoms with van der Waals surface area (Å²) in [4.78, 5) is 7.92. The fourth-order valence-electron chi connectivity index (χ4n) is 1.63. The van der Waals surface area contributed by atoms with Gasteiger partial charge in [-0.1, -0.05) is 11.6 Å². The summed E-state index contributed by atoms with van der Waals surface area (Å²) in [5.74, 6) is -1.28. The minimum Gasteiger partial charge on any atom is -0.457 e. The Morgan fingerprint density at radius 1 is 1.39 bits per heavy atom. The molecule has 0 radical (unpaired) electrons. The SMILES string of the molecule is Cc1nc(OC/C(N)=C/Nc2ccc(F)c(C)c2F)ncc1Cl. The average molecular weight is 341 g/mol. The highest BCUT2D eigenvalue weighted by Crippen LogP contribution is 2.20. The van der Waals surface area contributed by atoms with E-state index >= 15 is 0 Å². The summed E-state index contributed by atoms with van der Waals surface area (Å²) in [6.45, 7) is 3.07. The Balaban J connectivity index is 1.98. The Hall–Kier alpha value is -2.41. The van der Waals surface area contributed by atoms with Gasteiger partial charge in [0.2, 0.25) is 0 Å². The molecule has 0 atom stereocenters. The van der Waals surface area contributed by atoms with Gasteiger partial charge in [0.25, 0.3) is 0 Å². The number of halogens is 3. The van der Waals surface area contributed by atoms with Crippen LogP contribution in [0.3, 0.4) is 0 Å². The van der Waals surface area contributed by atoms with Gasteiger partial charge in [-0.2, -0.15) is 4.98 Å². The molecule has 0 aliphatic rings. The van der Waals surface area contributed by atoms with Gasteiger partial charge in [-0.25, -0.2) is 13.8 Å². The molecule has 0 aliphatic heterocycles. The molecule has 0 saturated carbocycles. The lowest BCUT2D eigenvalue weighted by atomic mass is 10.2. The number of nitrogens with zero attached hydrogens (tertiary/aromatic N) is 2. The highest BCUT2D eigenvalue weighted by molar-refractivity contribution is 6.31. The lowest BCUT2D eigenvalue weighted by molar-refractivity contribution is 0.321. The largest absolute Gasteiger partial charge is 0.457 e. The smallest absolute Gasteiger partial charge is 0.317 e. The molecule has 0 aliphatic carbocycles. The van der Waals surface area contributed by atoms with E-state index < -0.39 is 11.6 Å². The van der Waals surface area contributed by atoms with Crippen molar-refractivity contribution < 1.29 is 13.5 Å². The summed E-state index contributed by atoms with van der Waals surface area (Å²) in [6, 6.07) is 2.59. The maximum absolute atomic E-state index is 13.8. The van der Waals surface area contributed by atoms with Gasteiger partial charge in [-0.3, -0.25) is 0 Å². The van der Waals surface area contributed by atoms with Gasteiger partial charge in [0, 0.05) is 11.8 Å². The first-order valence-electron chi connectivity index (χ1n) is 6.66. The van der Waals surface area contributed by atoms with Crippen molar-refractivity contribution in [3.8, 4) is 6.01 Å². The monoisotopic (exact) mass is 340 g/mol. The summed E-state index contributed by atoms with van der Waals surface area (Å²) < 4.78 is 32.3. The molecular formula is C15H15ClF2N4O. The van der Waals surface area contributed by atoms with Gasteiger partial charge in [0.1, 0.15) is 12.4 Å². The Kier molecular flexibility index (Phi) is 5.33. The first-order valence-corrected chi connectivity index (χ1v) is 7.04. The summed E-state index contributed by atoms with van der Waals surface area (Å²) in [7, 11) is 0. The van der Waals surface area contributed by atoms with Crippen LogP contribution < -0.4 is 15.8 Å². The van der Waals surface area contributed by atoms with Crippen LogP contribution in [0.15, 0.2) is 30.2 Å². The van der Waals surface area contributed by atoms with Gasteiger partial charge in [0.05, 0.1) is 28.3 Å². The Morgan fingerprint density at radius 3 is 2.83 bits per heavy atom. The number of ether oxygens (including phenoxy) is 1. The summed E-state index contributed by atoms with van der Waals surface area (Å²) in [6.07, 6.45) is 2.78. The molecule has 122 valence electrons. The Labute approximate surface area is 137 Å². The number of hydrogen-bond acceptors (Lipinski definition) is 5. The predicted octanol–water partition coefficient (Wildman–Crippen LogP) is 3.32. The lowest BCUT2D eigenvalue weighted by Gasteiger charge is -2.08. The van der Waals surface area contributed by atoms with Crippen LogP contribution in [-0.4, -0.2) is 16.6 Å². The molecule has 5 nitrogen and oxygen atoms in total. The Bertz CT molecular complexity index is 752. The van der Waals surface area contributed by atoms with Crippen LogP contribution in [0, 0.1) is 25.5 Å². The standard InChI is InChI=1S/C15H15ClF2N4O/c1-8-12(17)3-4-13(14(8)18)20-5-10(19)7-23-15-21-6-11(16)9(2)22-15/h3-6,20H,7,19H2,1-2H3/b10-5-. The molecule has 1 aromatic heterocycles. The molecule has 2 aromatic rings. The third-order valence-corrected chi connectivity index (χ3v) is 3.37. The number of hydrogen-bond donors (Lipinski definition) is 2. The van der Waals surface area contributed by atoms with Crippen molar-refractivity contribution in [2.75, 3.05) is 11.9 Å². The van der Waals surface area contributed by atoms with E-state index in [1.807, 2.05) is 0 Å². The van der Waals surface area contributed by atoms with E-state index in [0.29, 0.717) is 10.7 Å². The molecule has 3 N–H and O–H groups in total. The highest BCUT2D eigenvalue weighted by atomic mass is 35.5. The van der Waals surface area contributed by atoms with Crippen LogP contribution in [0.2, 0.25) is 5.02 Å². The van der Waals surface area contributed by atoms with Crippen molar-refractivity contribution in [2.24, 2.45) is 5.73 Å². The molecule has 8 heteroatoms. The van der Waals surface area contributed by atoms with E-state index in [-0.39, 0.29) is 29.6 Å². The molecule has 0 spiro atoms. The molecule has 23 heavy (non-hydrogen) atoms. The maximum Gasteiger partial charge on any atom is 0.317 e. The summed E-state index contributed by atoms with van der Waals surface area (Å²) in [5, 5.41) is 3.10. The van der Waals surface area contributed by atoms with Gasteiger partial charge in [0.15, 0.2) is 5.82 Å². The number of aromatic nitrogens is 2. The van der Waals surface area contributed by atoms with Gasteiger partial charge in [-0.15, -0.1) is 0 Å². The third-order valence-electron chi connectivity index (χ3n) is 3.00. The molecule has 0 amide bonds. The normalized spacial score (nSPS) is 11.4. The molecule has 0 bridgehead atoms. The van der Waals surface area contributed by atoms with E-state index in [0.717, 1.165) is 0 Å². The zero-order valence-corrected chi connectivity index (χ0v) is 13.3. The number of nitrogens with one attached hydrogen (secondary N) is 1. The molecular weight excluding hydrogens is 326 g/mol. The minimum absolute atomic E-state index is 0.00410. The van der Waals surface area contributed by atoms with Crippen LogP contribution in [-0.2, 0) is 0 Å². The van der Waals surface area contributed by atoms with E-state index in [4.69, 9.17) is 22.1 Å². The average Bonchev–Trinajstić information content (AvgIpc) is 2.53. The number of aryl methyl sites for hydroxylation is 1. The molecule has 0 unspecified atom stereocenters. The fourth-order valence-corrected chi connectivity index (χ4v) is 1.72. The number of benzene rings is 1. The summed E-state index contributed by atoms with van der Waals surface area (Å²) >= 11 is 5.81. The van der Waals surface area contributed by atoms with Crippen LogP contribution in [0.1, 0.15) is 11.3 Å². The first kappa shape index (κ1) is 17.0. The second-order valence-corrected chi connectivity index (χ2v) is 5.18. The predicted molar refractivity (Wildman–Crippen MR) is 84.3 cm³/mol.